The number of carbonyl (C=O) groups is 1. The molecule has 0 aliphatic carbocycles. The third-order valence-electron chi connectivity index (χ3n) is 1.67. The number of aliphatic carboxylic acids is 1. The van der Waals surface area contributed by atoms with Crippen molar-refractivity contribution < 1.29 is 9.90 Å². The minimum Gasteiger partial charge on any atom is -0.478 e. The molecule has 0 spiro atoms. The van der Waals surface area contributed by atoms with Gasteiger partial charge in [-0.15, -0.1) is 0 Å². The largest absolute Gasteiger partial charge is 0.478 e. The average Bonchev–Trinajstić information content (AvgIpc) is 2.03. The number of alkyl halides is 1. The molecular formula is C9H17BrN2O2. The van der Waals surface area contributed by atoms with Crippen molar-refractivity contribution in [3.63, 3.8) is 0 Å². The average molecular weight is 265 g/mol. The second kappa shape index (κ2) is 5.36. The summed E-state index contributed by atoms with van der Waals surface area (Å²) >= 11 is 3.14. The fourth-order valence-electron chi connectivity index (χ4n) is 0.896. The van der Waals surface area contributed by atoms with E-state index in [0.29, 0.717) is 10.9 Å². The fraction of sp³-hybridized carbons (Fsp3) is 0.667. The molecule has 0 unspecified atom stereocenters. The number of hydrogen-bond acceptors (Lipinski definition) is 3. The number of halogens is 1. The maximum atomic E-state index is 10.8. The van der Waals surface area contributed by atoms with E-state index in [2.05, 4.69) is 21.4 Å². The zero-order valence-electron chi connectivity index (χ0n) is 8.97. The van der Waals surface area contributed by atoms with Crippen molar-refractivity contribution >= 4 is 21.9 Å². The molecule has 82 valence electrons. The lowest BCUT2D eigenvalue weighted by atomic mass is 10.1. The summed E-state index contributed by atoms with van der Waals surface area (Å²) in [4.78, 5) is 10.8. The molecule has 0 amide bonds. The van der Waals surface area contributed by atoms with Gasteiger partial charge in [-0.2, -0.15) is 0 Å². The van der Waals surface area contributed by atoms with Crippen LogP contribution in [0.5, 0.6) is 0 Å². The van der Waals surface area contributed by atoms with Crippen LogP contribution in [0, 0.1) is 0 Å². The summed E-state index contributed by atoms with van der Waals surface area (Å²) < 4.78 is 0. The Hall–Kier alpha value is -0.550. The lowest BCUT2D eigenvalue weighted by molar-refractivity contribution is -0.132. The van der Waals surface area contributed by atoms with Gasteiger partial charge in [-0.05, 0) is 20.8 Å². The molecule has 0 aromatic heterocycles. The number of carboxylic acid groups (broad SMARTS) is 1. The summed E-state index contributed by atoms with van der Waals surface area (Å²) in [6.07, 6.45) is 1.59. The van der Waals surface area contributed by atoms with Crippen LogP contribution in [0.25, 0.3) is 0 Å². The molecule has 14 heavy (non-hydrogen) atoms. The zero-order valence-corrected chi connectivity index (χ0v) is 10.6. The van der Waals surface area contributed by atoms with Crippen LogP contribution >= 0.6 is 15.9 Å². The third-order valence-corrected chi connectivity index (χ3v) is 2.27. The van der Waals surface area contributed by atoms with Crippen LogP contribution in [0.1, 0.15) is 20.8 Å². The number of hydrazine groups is 1. The van der Waals surface area contributed by atoms with Gasteiger partial charge in [-0.25, -0.2) is 10.2 Å². The Kier molecular flexibility index (Phi) is 5.15. The highest BCUT2D eigenvalue weighted by Crippen LogP contribution is 2.13. The van der Waals surface area contributed by atoms with E-state index in [0.717, 1.165) is 0 Å². The molecule has 0 fully saturated rings. The fourth-order valence-corrected chi connectivity index (χ4v) is 1.28. The van der Waals surface area contributed by atoms with Gasteiger partial charge in [0.2, 0.25) is 0 Å². The number of rotatable bonds is 4. The highest BCUT2D eigenvalue weighted by molar-refractivity contribution is 9.09. The number of nitrogens with zero attached hydrogens (tertiary/aromatic N) is 1. The number of carboxylic acids is 1. The summed E-state index contributed by atoms with van der Waals surface area (Å²) in [5.41, 5.74) is 3.09. The molecule has 0 heterocycles. The summed E-state index contributed by atoms with van der Waals surface area (Å²) in [6, 6.07) is 0. The standard InChI is InChI=1S/C9H17BrN2O2/c1-9(2,3)12(11-4)6-7(5-10)8(13)14/h6,11H,5H2,1-4H3,(H,13,14)/b7-6+. The highest BCUT2D eigenvalue weighted by atomic mass is 79.9. The van der Waals surface area contributed by atoms with Crippen molar-refractivity contribution in [2.24, 2.45) is 0 Å². The van der Waals surface area contributed by atoms with Gasteiger partial charge in [-0.3, -0.25) is 0 Å². The first-order valence-electron chi connectivity index (χ1n) is 4.29. The van der Waals surface area contributed by atoms with Crippen molar-refractivity contribution in [3.05, 3.63) is 11.8 Å². The third kappa shape index (κ3) is 4.11. The molecule has 0 aromatic rings. The lowest BCUT2D eigenvalue weighted by Crippen LogP contribution is -2.45. The van der Waals surface area contributed by atoms with Gasteiger partial charge in [0, 0.05) is 24.1 Å². The normalized spacial score (nSPS) is 12.8. The predicted molar refractivity (Wildman–Crippen MR) is 60.2 cm³/mol. The maximum Gasteiger partial charge on any atom is 0.333 e. The maximum absolute atomic E-state index is 10.8. The van der Waals surface area contributed by atoms with Crippen LogP contribution in [-0.2, 0) is 4.79 Å². The Balaban J connectivity index is 4.80. The van der Waals surface area contributed by atoms with E-state index in [1.165, 1.54) is 0 Å². The molecule has 0 atom stereocenters. The van der Waals surface area contributed by atoms with E-state index in [1.54, 1.807) is 18.3 Å². The first-order chi connectivity index (χ1) is 6.32. The van der Waals surface area contributed by atoms with Gasteiger partial charge in [-0.1, -0.05) is 15.9 Å². The molecule has 0 rings (SSSR count). The van der Waals surface area contributed by atoms with Crippen molar-refractivity contribution in [1.29, 1.82) is 0 Å². The van der Waals surface area contributed by atoms with E-state index in [4.69, 9.17) is 5.11 Å². The van der Waals surface area contributed by atoms with E-state index in [-0.39, 0.29) is 5.54 Å². The van der Waals surface area contributed by atoms with E-state index in [1.807, 2.05) is 20.8 Å². The smallest absolute Gasteiger partial charge is 0.333 e. The highest BCUT2D eigenvalue weighted by Gasteiger charge is 2.18. The molecular weight excluding hydrogens is 248 g/mol. The Morgan fingerprint density at radius 1 is 1.57 bits per heavy atom. The van der Waals surface area contributed by atoms with Crippen LogP contribution < -0.4 is 5.43 Å². The van der Waals surface area contributed by atoms with Crippen LogP contribution in [0.15, 0.2) is 11.8 Å². The zero-order chi connectivity index (χ0) is 11.4. The Morgan fingerprint density at radius 3 is 2.29 bits per heavy atom. The molecule has 0 saturated heterocycles. The SMILES string of the molecule is CNN(/C=C(\CBr)C(=O)O)C(C)(C)C. The molecule has 0 saturated carbocycles. The Bertz CT molecular complexity index is 233. The molecule has 2 N–H and O–H groups in total. The summed E-state index contributed by atoms with van der Waals surface area (Å²) in [6.45, 7) is 5.98. The minimum atomic E-state index is -0.911. The molecule has 0 aliphatic rings. The topological polar surface area (TPSA) is 52.6 Å². The summed E-state index contributed by atoms with van der Waals surface area (Å²) in [5.74, 6) is -0.911. The summed E-state index contributed by atoms with van der Waals surface area (Å²) in [7, 11) is 1.76. The van der Waals surface area contributed by atoms with Crippen molar-refractivity contribution in [2.75, 3.05) is 12.4 Å². The Labute approximate surface area is 93.1 Å². The van der Waals surface area contributed by atoms with Crippen LogP contribution in [0.4, 0.5) is 0 Å². The second-order valence-electron chi connectivity index (χ2n) is 3.86. The van der Waals surface area contributed by atoms with E-state index >= 15 is 0 Å². The van der Waals surface area contributed by atoms with Crippen LogP contribution in [0.2, 0.25) is 0 Å². The van der Waals surface area contributed by atoms with Crippen LogP contribution in [-0.4, -0.2) is 34.0 Å². The number of nitrogens with one attached hydrogen (secondary N) is 1. The first-order valence-corrected chi connectivity index (χ1v) is 5.41. The number of hydrogen-bond donors (Lipinski definition) is 2. The summed E-state index contributed by atoms with van der Waals surface area (Å²) in [5, 5.41) is 10.9. The molecule has 0 bridgehead atoms. The molecule has 0 radical (unpaired) electrons. The molecule has 5 heteroatoms. The van der Waals surface area contributed by atoms with Crippen molar-refractivity contribution in [2.45, 2.75) is 26.3 Å². The monoisotopic (exact) mass is 264 g/mol. The van der Waals surface area contributed by atoms with Gasteiger partial charge in [0.15, 0.2) is 0 Å². The lowest BCUT2D eigenvalue weighted by Gasteiger charge is -2.34. The van der Waals surface area contributed by atoms with E-state index in [9.17, 15) is 4.79 Å². The van der Waals surface area contributed by atoms with E-state index < -0.39 is 5.97 Å². The molecule has 0 aromatic carbocycles. The second-order valence-corrected chi connectivity index (χ2v) is 4.42. The van der Waals surface area contributed by atoms with Gasteiger partial charge in [0.1, 0.15) is 0 Å². The van der Waals surface area contributed by atoms with Crippen LogP contribution in [0.3, 0.4) is 0 Å². The minimum absolute atomic E-state index is 0.155. The Morgan fingerprint density at radius 2 is 2.07 bits per heavy atom. The molecule has 4 nitrogen and oxygen atoms in total. The van der Waals surface area contributed by atoms with Gasteiger partial charge in [0.05, 0.1) is 5.57 Å². The van der Waals surface area contributed by atoms with Crippen molar-refractivity contribution in [1.82, 2.24) is 10.4 Å². The quantitative estimate of drug-likeness (QED) is 0.460. The van der Waals surface area contributed by atoms with Gasteiger partial charge >= 0.3 is 5.97 Å². The van der Waals surface area contributed by atoms with Gasteiger partial charge in [0.25, 0.3) is 0 Å². The first kappa shape index (κ1) is 13.4. The van der Waals surface area contributed by atoms with Gasteiger partial charge < -0.3 is 10.1 Å². The predicted octanol–water partition coefficient (Wildman–Crippen LogP) is 1.58. The molecule has 0 aliphatic heterocycles. The van der Waals surface area contributed by atoms with Crippen molar-refractivity contribution in [3.8, 4) is 0 Å².